The maximum atomic E-state index is 11.8. The summed E-state index contributed by atoms with van der Waals surface area (Å²) in [5.41, 5.74) is 0. The standard InChI is InChI=1S/C10H24N2O4S/c1-5-11-6-9(2)17(13,14)12-7-10(16-4)8-15-3/h9-12H,5-8H2,1-4H3. The number of rotatable bonds is 10. The lowest BCUT2D eigenvalue weighted by molar-refractivity contribution is 0.0319. The minimum absolute atomic E-state index is 0.225. The molecule has 0 aromatic carbocycles. The summed E-state index contributed by atoms with van der Waals surface area (Å²) in [5, 5.41) is 2.54. The Kier molecular flexibility index (Phi) is 8.71. The lowest BCUT2D eigenvalue weighted by Crippen LogP contribution is -2.43. The van der Waals surface area contributed by atoms with Crippen molar-refractivity contribution in [2.75, 3.05) is 40.5 Å². The van der Waals surface area contributed by atoms with E-state index >= 15 is 0 Å². The Morgan fingerprint density at radius 1 is 1.24 bits per heavy atom. The van der Waals surface area contributed by atoms with Crippen molar-refractivity contribution in [1.82, 2.24) is 10.0 Å². The van der Waals surface area contributed by atoms with Crippen molar-refractivity contribution < 1.29 is 17.9 Å². The van der Waals surface area contributed by atoms with Gasteiger partial charge in [-0.05, 0) is 13.5 Å². The molecule has 0 radical (unpaired) electrons. The fraction of sp³-hybridized carbons (Fsp3) is 1.00. The van der Waals surface area contributed by atoms with Crippen LogP contribution >= 0.6 is 0 Å². The Balaban J connectivity index is 4.15. The Morgan fingerprint density at radius 3 is 2.35 bits per heavy atom. The van der Waals surface area contributed by atoms with E-state index in [4.69, 9.17) is 9.47 Å². The van der Waals surface area contributed by atoms with E-state index in [9.17, 15) is 8.42 Å². The zero-order valence-corrected chi connectivity index (χ0v) is 11.8. The monoisotopic (exact) mass is 268 g/mol. The molecule has 0 aliphatic carbocycles. The zero-order valence-electron chi connectivity index (χ0n) is 11.0. The fourth-order valence-electron chi connectivity index (χ4n) is 1.20. The van der Waals surface area contributed by atoms with Gasteiger partial charge >= 0.3 is 0 Å². The molecule has 0 fully saturated rings. The van der Waals surface area contributed by atoms with Gasteiger partial charge in [-0.1, -0.05) is 6.92 Å². The van der Waals surface area contributed by atoms with Gasteiger partial charge in [-0.2, -0.15) is 0 Å². The molecule has 2 atom stereocenters. The van der Waals surface area contributed by atoms with E-state index in [1.807, 2.05) is 6.92 Å². The number of ether oxygens (including phenoxy) is 2. The average molecular weight is 268 g/mol. The Morgan fingerprint density at radius 2 is 1.88 bits per heavy atom. The molecule has 0 saturated carbocycles. The van der Waals surface area contributed by atoms with E-state index in [0.717, 1.165) is 6.54 Å². The molecule has 0 aliphatic heterocycles. The Bertz CT molecular complexity index is 282. The first-order chi connectivity index (χ1) is 7.97. The lowest BCUT2D eigenvalue weighted by Gasteiger charge is -2.18. The van der Waals surface area contributed by atoms with E-state index in [1.54, 1.807) is 14.0 Å². The summed E-state index contributed by atoms with van der Waals surface area (Å²) in [6, 6.07) is 0. The highest BCUT2D eigenvalue weighted by Gasteiger charge is 2.21. The molecule has 2 unspecified atom stereocenters. The number of sulfonamides is 1. The van der Waals surface area contributed by atoms with Crippen molar-refractivity contribution in [3.05, 3.63) is 0 Å². The largest absolute Gasteiger partial charge is 0.382 e. The average Bonchev–Trinajstić information content (AvgIpc) is 2.31. The topological polar surface area (TPSA) is 76.7 Å². The van der Waals surface area contributed by atoms with Gasteiger partial charge in [0.05, 0.1) is 18.0 Å². The first kappa shape index (κ1) is 16.8. The van der Waals surface area contributed by atoms with Crippen molar-refractivity contribution in [1.29, 1.82) is 0 Å². The summed E-state index contributed by atoms with van der Waals surface area (Å²) in [6.45, 7) is 5.39. The second-order valence-corrected chi connectivity index (χ2v) is 6.01. The third-order valence-electron chi connectivity index (χ3n) is 2.41. The first-order valence-corrected chi connectivity index (χ1v) is 7.23. The molecule has 0 bridgehead atoms. The summed E-state index contributed by atoms with van der Waals surface area (Å²) in [6.07, 6.45) is -0.263. The molecule has 0 spiro atoms. The maximum absolute atomic E-state index is 11.8. The van der Waals surface area contributed by atoms with Crippen LogP contribution in [0, 0.1) is 0 Å². The number of methoxy groups -OCH3 is 2. The van der Waals surface area contributed by atoms with Crippen molar-refractivity contribution in [3.8, 4) is 0 Å². The number of hydrogen-bond donors (Lipinski definition) is 2. The van der Waals surface area contributed by atoms with E-state index < -0.39 is 15.3 Å². The summed E-state index contributed by atoms with van der Waals surface area (Å²) in [7, 11) is -0.226. The van der Waals surface area contributed by atoms with Crippen LogP contribution in [0.1, 0.15) is 13.8 Å². The predicted octanol–water partition coefficient (Wildman–Crippen LogP) is -0.435. The SMILES string of the molecule is CCNCC(C)S(=O)(=O)NCC(COC)OC. The summed E-state index contributed by atoms with van der Waals surface area (Å²) < 4.78 is 36.2. The van der Waals surface area contributed by atoms with Crippen LogP contribution in [-0.4, -0.2) is 60.2 Å². The molecule has 0 amide bonds. The quantitative estimate of drug-likeness (QED) is 0.562. The zero-order chi connectivity index (χ0) is 13.3. The van der Waals surface area contributed by atoms with Crippen LogP contribution < -0.4 is 10.0 Å². The molecule has 0 aromatic rings. The fourth-order valence-corrected chi connectivity index (χ4v) is 2.24. The smallest absolute Gasteiger partial charge is 0.215 e. The normalized spacial score (nSPS) is 15.8. The van der Waals surface area contributed by atoms with Crippen LogP contribution in [0.25, 0.3) is 0 Å². The molecule has 7 heteroatoms. The van der Waals surface area contributed by atoms with Crippen LogP contribution in [-0.2, 0) is 19.5 Å². The van der Waals surface area contributed by atoms with Gasteiger partial charge in [0.2, 0.25) is 10.0 Å². The molecule has 0 aromatic heterocycles. The van der Waals surface area contributed by atoms with Crippen LogP contribution in [0.4, 0.5) is 0 Å². The van der Waals surface area contributed by atoms with Gasteiger partial charge in [0, 0.05) is 27.3 Å². The van der Waals surface area contributed by atoms with Crippen molar-refractivity contribution >= 4 is 10.0 Å². The van der Waals surface area contributed by atoms with Crippen LogP contribution in [0.5, 0.6) is 0 Å². The predicted molar refractivity (Wildman–Crippen MR) is 67.6 cm³/mol. The molecular weight excluding hydrogens is 244 g/mol. The number of hydrogen-bond acceptors (Lipinski definition) is 5. The van der Waals surface area contributed by atoms with Gasteiger partial charge in [-0.3, -0.25) is 0 Å². The van der Waals surface area contributed by atoms with Gasteiger partial charge in [0.15, 0.2) is 0 Å². The highest BCUT2D eigenvalue weighted by molar-refractivity contribution is 7.90. The molecule has 2 N–H and O–H groups in total. The van der Waals surface area contributed by atoms with E-state index in [-0.39, 0.29) is 12.6 Å². The molecule has 17 heavy (non-hydrogen) atoms. The molecule has 104 valence electrons. The summed E-state index contributed by atoms with van der Waals surface area (Å²) in [5.74, 6) is 0. The van der Waals surface area contributed by atoms with Crippen molar-refractivity contribution in [3.63, 3.8) is 0 Å². The minimum Gasteiger partial charge on any atom is -0.382 e. The van der Waals surface area contributed by atoms with Crippen molar-refractivity contribution in [2.24, 2.45) is 0 Å². The summed E-state index contributed by atoms with van der Waals surface area (Å²) in [4.78, 5) is 0. The molecule has 0 rings (SSSR count). The van der Waals surface area contributed by atoms with Gasteiger partial charge in [-0.25, -0.2) is 13.1 Å². The second kappa shape index (κ2) is 8.82. The molecule has 0 heterocycles. The molecule has 0 aliphatic rings. The second-order valence-electron chi connectivity index (χ2n) is 3.82. The van der Waals surface area contributed by atoms with Crippen LogP contribution in [0.2, 0.25) is 0 Å². The highest BCUT2D eigenvalue weighted by Crippen LogP contribution is 1.98. The molecule has 0 saturated heterocycles. The third kappa shape index (κ3) is 6.95. The van der Waals surface area contributed by atoms with Gasteiger partial charge in [0.25, 0.3) is 0 Å². The first-order valence-electron chi connectivity index (χ1n) is 5.68. The van der Waals surface area contributed by atoms with Gasteiger partial charge in [0.1, 0.15) is 0 Å². The lowest BCUT2D eigenvalue weighted by atomic mass is 10.4. The van der Waals surface area contributed by atoms with Gasteiger partial charge < -0.3 is 14.8 Å². The summed E-state index contributed by atoms with van der Waals surface area (Å²) >= 11 is 0. The Hall–Kier alpha value is -0.210. The Labute approximate surface area is 104 Å². The van der Waals surface area contributed by atoms with Crippen LogP contribution in [0.15, 0.2) is 0 Å². The van der Waals surface area contributed by atoms with Crippen LogP contribution in [0.3, 0.4) is 0 Å². The maximum Gasteiger partial charge on any atom is 0.215 e. The number of nitrogens with one attached hydrogen (secondary N) is 2. The van der Waals surface area contributed by atoms with E-state index in [1.165, 1.54) is 7.11 Å². The van der Waals surface area contributed by atoms with Gasteiger partial charge in [-0.15, -0.1) is 0 Å². The molecular formula is C10H24N2O4S. The van der Waals surface area contributed by atoms with E-state index in [0.29, 0.717) is 13.2 Å². The third-order valence-corrected chi connectivity index (χ3v) is 4.20. The minimum atomic E-state index is -3.30. The highest BCUT2D eigenvalue weighted by atomic mass is 32.2. The van der Waals surface area contributed by atoms with E-state index in [2.05, 4.69) is 10.0 Å². The van der Waals surface area contributed by atoms with Crippen molar-refractivity contribution in [2.45, 2.75) is 25.2 Å². The molecule has 6 nitrogen and oxygen atoms in total.